The molecule has 142 valence electrons. The Morgan fingerprint density at radius 2 is 2.12 bits per heavy atom. The van der Waals surface area contributed by atoms with E-state index in [0.717, 1.165) is 23.8 Å². The van der Waals surface area contributed by atoms with Gasteiger partial charge < -0.3 is 16.0 Å². The summed E-state index contributed by atoms with van der Waals surface area (Å²) in [6.45, 7) is 4.06. The molecule has 2 saturated heterocycles. The fraction of sp³-hybridized carbons (Fsp3) is 0.529. The zero-order valence-electron chi connectivity index (χ0n) is 14.7. The van der Waals surface area contributed by atoms with Crippen LogP contribution in [0.3, 0.4) is 0 Å². The van der Waals surface area contributed by atoms with E-state index in [2.05, 4.69) is 22.9 Å². The molecule has 2 aliphatic rings. The fourth-order valence-corrected chi connectivity index (χ4v) is 4.69. The molecule has 0 bridgehead atoms. The number of sulfonamides is 1. The SMILES string of the molecule is CC1CNCCC1NC(=O)c1cccc(S(=O)(=O)N2CCNC(=O)C2)c1. The monoisotopic (exact) mass is 380 g/mol. The summed E-state index contributed by atoms with van der Waals surface area (Å²) in [5, 5.41) is 8.88. The molecule has 3 rings (SSSR count). The molecule has 9 heteroatoms. The molecule has 0 spiro atoms. The second-order valence-electron chi connectivity index (χ2n) is 6.77. The molecule has 2 amide bonds. The topological polar surface area (TPSA) is 108 Å². The number of piperazine rings is 1. The van der Waals surface area contributed by atoms with E-state index in [1.807, 2.05) is 0 Å². The molecule has 2 atom stereocenters. The third-order valence-corrected chi connectivity index (χ3v) is 6.68. The number of amides is 2. The van der Waals surface area contributed by atoms with E-state index in [4.69, 9.17) is 0 Å². The predicted molar refractivity (Wildman–Crippen MR) is 96.1 cm³/mol. The zero-order valence-corrected chi connectivity index (χ0v) is 15.5. The molecule has 26 heavy (non-hydrogen) atoms. The largest absolute Gasteiger partial charge is 0.354 e. The predicted octanol–water partition coefficient (Wildman–Crippen LogP) is -0.465. The Balaban J connectivity index is 1.77. The number of nitrogens with zero attached hydrogens (tertiary/aromatic N) is 1. The lowest BCUT2D eigenvalue weighted by Gasteiger charge is -2.30. The Kier molecular flexibility index (Phi) is 5.59. The van der Waals surface area contributed by atoms with Crippen LogP contribution in [-0.2, 0) is 14.8 Å². The van der Waals surface area contributed by atoms with Gasteiger partial charge in [0.05, 0.1) is 11.4 Å². The zero-order chi connectivity index (χ0) is 18.7. The maximum absolute atomic E-state index is 12.8. The third kappa shape index (κ3) is 4.05. The lowest BCUT2D eigenvalue weighted by Crippen LogP contribution is -2.50. The Labute approximate surface area is 153 Å². The van der Waals surface area contributed by atoms with Crippen molar-refractivity contribution in [2.45, 2.75) is 24.3 Å². The minimum atomic E-state index is -3.81. The van der Waals surface area contributed by atoms with Crippen LogP contribution in [0.1, 0.15) is 23.7 Å². The molecule has 0 saturated carbocycles. The highest BCUT2D eigenvalue weighted by molar-refractivity contribution is 7.89. The summed E-state index contributed by atoms with van der Waals surface area (Å²) in [5.74, 6) is -0.294. The highest BCUT2D eigenvalue weighted by atomic mass is 32.2. The number of rotatable bonds is 4. The summed E-state index contributed by atoms with van der Waals surface area (Å²) in [6, 6.07) is 6.05. The average Bonchev–Trinajstić information content (AvgIpc) is 2.63. The van der Waals surface area contributed by atoms with Crippen LogP contribution in [0.2, 0.25) is 0 Å². The molecule has 8 nitrogen and oxygen atoms in total. The van der Waals surface area contributed by atoms with E-state index < -0.39 is 10.0 Å². The van der Waals surface area contributed by atoms with Gasteiger partial charge in [0.2, 0.25) is 15.9 Å². The molecular weight excluding hydrogens is 356 g/mol. The van der Waals surface area contributed by atoms with Gasteiger partial charge in [0.15, 0.2) is 0 Å². The quantitative estimate of drug-likeness (QED) is 0.655. The lowest BCUT2D eigenvalue weighted by atomic mass is 9.95. The van der Waals surface area contributed by atoms with Crippen molar-refractivity contribution in [3.63, 3.8) is 0 Å². The number of carbonyl (C=O) groups excluding carboxylic acids is 2. The van der Waals surface area contributed by atoms with Gasteiger partial charge in [-0.3, -0.25) is 9.59 Å². The second-order valence-corrected chi connectivity index (χ2v) is 8.70. The van der Waals surface area contributed by atoms with E-state index in [1.54, 1.807) is 12.1 Å². The fourth-order valence-electron chi connectivity index (χ4n) is 3.25. The summed E-state index contributed by atoms with van der Waals surface area (Å²) in [4.78, 5) is 24.1. The first-order valence-electron chi connectivity index (χ1n) is 8.76. The van der Waals surface area contributed by atoms with Gasteiger partial charge >= 0.3 is 0 Å². The lowest BCUT2D eigenvalue weighted by molar-refractivity contribution is -0.122. The molecule has 0 radical (unpaired) electrons. The molecular formula is C17H24N4O4S. The van der Waals surface area contributed by atoms with Crippen LogP contribution in [0.5, 0.6) is 0 Å². The second kappa shape index (κ2) is 7.73. The van der Waals surface area contributed by atoms with Gasteiger partial charge in [-0.05, 0) is 43.6 Å². The Hall–Kier alpha value is -1.97. The van der Waals surface area contributed by atoms with Crippen LogP contribution in [0.4, 0.5) is 0 Å². The Bertz CT molecular complexity index is 796. The minimum absolute atomic E-state index is 0.0261. The van der Waals surface area contributed by atoms with E-state index in [0.29, 0.717) is 11.5 Å². The van der Waals surface area contributed by atoms with Gasteiger partial charge in [-0.15, -0.1) is 0 Å². The van der Waals surface area contributed by atoms with Gasteiger partial charge in [-0.2, -0.15) is 4.31 Å². The maximum atomic E-state index is 12.8. The van der Waals surface area contributed by atoms with Crippen molar-refractivity contribution in [1.29, 1.82) is 0 Å². The number of carbonyl (C=O) groups is 2. The summed E-state index contributed by atoms with van der Waals surface area (Å²) >= 11 is 0. The van der Waals surface area contributed by atoms with Crippen molar-refractivity contribution in [2.75, 3.05) is 32.7 Å². The van der Waals surface area contributed by atoms with E-state index in [9.17, 15) is 18.0 Å². The standard InChI is InChI=1S/C17H24N4O4S/c1-12-10-18-6-5-15(12)20-17(23)13-3-2-4-14(9-13)26(24,25)21-8-7-19-16(22)11-21/h2-4,9,12,15,18H,5-8,10-11H2,1H3,(H,19,22)(H,20,23). The summed E-state index contributed by atoms with van der Waals surface area (Å²) in [6.07, 6.45) is 0.841. The summed E-state index contributed by atoms with van der Waals surface area (Å²) < 4.78 is 26.6. The molecule has 0 aromatic heterocycles. The molecule has 2 fully saturated rings. The minimum Gasteiger partial charge on any atom is -0.354 e. The van der Waals surface area contributed by atoms with Crippen molar-refractivity contribution >= 4 is 21.8 Å². The van der Waals surface area contributed by atoms with Gasteiger partial charge in [0, 0.05) is 24.7 Å². The van der Waals surface area contributed by atoms with Crippen molar-refractivity contribution in [1.82, 2.24) is 20.3 Å². The molecule has 2 unspecified atom stereocenters. The van der Waals surface area contributed by atoms with Crippen molar-refractivity contribution in [3.05, 3.63) is 29.8 Å². The first-order chi connectivity index (χ1) is 12.4. The molecule has 3 N–H and O–H groups in total. The van der Waals surface area contributed by atoms with Crippen LogP contribution in [-0.4, -0.2) is 63.3 Å². The highest BCUT2D eigenvalue weighted by Gasteiger charge is 2.30. The van der Waals surface area contributed by atoms with Crippen LogP contribution in [0.15, 0.2) is 29.2 Å². The van der Waals surface area contributed by atoms with Crippen molar-refractivity contribution in [3.8, 4) is 0 Å². The van der Waals surface area contributed by atoms with Crippen LogP contribution >= 0.6 is 0 Å². The Morgan fingerprint density at radius 3 is 2.85 bits per heavy atom. The van der Waals surface area contributed by atoms with Crippen molar-refractivity contribution in [2.24, 2.45) is 5.92 Å². The Morgan fingerprint density at radius 1 is 1.31 bits per heavy atom. The number of benzene rings is 1. The number of hydrogen-bond donors (Lipinski definition) is 3. The van der Waals surface area contributed by atoms with Crippen molar-refractivity contribution < 1.29 is 18.0 Å². The van der Waals surface area contributed by atoms with Crippen LogP contribution in [0.25, 0.3) is 0 Å². The van der Waals surface area contributed by atoms with Crippen LogP contribution < -0.4 is 16.0 Å². The summed E-state index contributed by atoms with van der Waals surface area (Å²) in [5.41, 5.74) is 0.304. The van der Waals surface area contributed by atoms with Gasteiger partial charge in [-0.1, -0.05) is 13.0 Å². The van der Waals surface area contributed by atoms with Gasteiger partial charge in [0.1, 0.15) is 0 Å². The molecule has 0 aliphatic carbocycles. The summed E-state index contributed by atoms with van der Waals surface area (Å²) in [7, 11) is -3.81. The maximum Gasteiger partial charge on any atom is 0.251 e. The third-order valence-electron chi connectivity index (χ3n) is 4.84. The molecule has 2 heterocycles. The first kappa shape index (κ1) is 18.8. The van der Waals surface area contributed by atoms with E-state index >= 15 is 0 Å². The molecule has 2 aliphatic heterocycles. The van der Waals surface area contributed by atoms with E-state index in [-0.39, 0.29) is 42.4 Å². The molecule has 1 aromatic carbocycles. The van der Waals surface area contributed by atoms with Crippen LogP contribution in [0, 0.1) is 5.92 Å². The average molecular weight is 380 g/mol. The number of nitrogens with one attached hydrogen (secondary N) is 3. The van der Waals surface area contributed by atoms with Gasteiger partial charge in [-0.25, -0.2) is 8.42 Å². The first-order valence-corrected chi connectivity index (χ1v) is 10.2. The van der Waals surface area contributed by atoms with E-state index in [1.165, 1.54) is 12.1 Å². The normalized spacial score (nSPS) is 24.7. The number of piperidine rings is 1. The smallest absolute Gasteiger partial charge is 0.251 e. The van der Waals surface area contributed by atoms with Gasteiger partial charge in [0.25, 0.3) is 5.91 Å². The number of hydrogen-bond acceptors (Lipinski definition) is 5. The highest BCUT2D eigenvalue weighted by Crippen LogP contribution is 2.18. The molecule has 1 aromatic rings.